The Kier molecular flexibility index (Phi) is 4.30. The molecule has 0 amide bonds. The van der Waals surface area contributed by atoms with Gasteiger partial charge in [0.1, 0.15) is 5.75 Å². The summed E-state index contributed by atoms with van der Waals surface area (Å²) >= 11 is 3.49. The lowest BCUT2D eigenvalue weighted by atomic mass is 10.1. The number of nitrogens with two attached hydrogens (primary N) is 1. The molecule has 0 radical (unpaired) electrons. The zero-order valence-corrected chi connectivity index (χ0v) is 14.4. The summed E-state index contributed by atoms with van der Waals surface area (Å²) in [4.78, 5) is 0.0746. The molecule has 0 unspecified atom stereocenters. The van der Waals surface area contributed by atoms with Crippen molar-refractivity contribution in [2.24, 2.45) is 0 Å². The van der Waals surface area contributed by atoms with E-state index >= 15 is 0 Å². The summed E-state index contributed by atoms with van der Waals surface area (Å²) in [5.41, 5.74) is 8.09. The number of anilines is 1. The zero-order valence-electron chi connectivity index (χ0n) is 12.0. The molecule has 0 spiro atoms. The van der Waals surface area contributed by atoms with Crippen LogP contribution >= 0.6 is 15.9 Å². The number of hydrogen-bond acceptors (Lipinski definition) is 4. The number of para-hydroxylation sites is 1. The van der Waals surface area contributed by atoms with Crippen LogP contribution in [0.3, 0.4) is 0 Å². The first-order valence-corrected chi connectivity index (χ1v) is 8.91. The summed E-state index contributed by atoms with van der Waals surface area (Å²) in [6, 6.07) is 8.46. The minimum Gasteiger partial charge on any atom is -0.455 e. The van der Waals surface area contributed by atoms with Gasteiger partial charge in [-0.3, -0.25) is 0 Å². The fourth-order valence-corrected chi connectivity index (χ4v) is 3.08. The van der Waals surface area contributed by atoms with Gasteiger partial charge in [-0.05, 0) is 49.2 Å². The summed E-state index contributed by atoms with van der Waals surface area (Å²) in [5, 5.41) is 0. The predicted molar refractivity (Wildman–Crippen MR) is 87.7 cm³/mol. The Balaban J connectivity index is 2.46. The van der Waals surface area contributed by atoms with E-state index in [-0.39, 0.29) is 10.6 Å². The number of ether oxygens (including phenoxy) is 1. The van der Waals surface area contributed by atoms with E-state index in [1.165, 1.54) is 6.07 Å². The van der Waals surface area contributed by atoms with Crippen LogP contribution in [0.5, 0.6) is 11.5 Å². The zero-order chi connectivity index (χ0) is 15.8. The van der Waals surface area contributed by atoms with Crippen molar-refractivity contribution in [1.29, 1.82) is 0 Å². The fraction of sp³-hybridized carbons (Fsp3) is 0.200. The first kappa shape index (κ1) is 15.9. The van der Waals surface area contributed by atoms with E-state index in [9.17, 15) is 8.42 Å². The maximum atomic E-state index is 11.7. The lowest BCUT2D eigenvalue weighted by Gasteiger charge is -2.13. The van der Waals surface area contributed by atoms with Crippen LogP contribution < -0.4 is 10.5 Å². The van der Waals surface area contributed by atoms with Gasteiger partial charge in [-0.2, -0.15) is 0 Å². The van der Waals surface area contributed by atoms with Crippen molar-refractivity contribution in [2.45, 2.75) is 18.7 Å². The van der Waals surface area contributed by atoms with Crippen LogP contribution in [0.25, 0.3) is 0 Å². The van der Waals surface area contributed by atoms with Crippen LogP contribution in [0.2, 0.25) is 0 Å². The Morgan fingerprint density at radius 2 is 1.71 bits per heavy atom. The summed E-state index contributed by atoms with van der Waals surface area (Å²) in [6.07, 6.45) is 1.12. The number of halogens is 1. The van der Waals surface area contributed by atoms with Gasteiger partial charge in [0.25, 0.3) is 0 Å². The van der Waals surface area contributed by atoms with E-state index in [1.54, 1.807) is 12.1 Å². The number of rotatable bonds is 3. The molecule has 0 aliphatic carbocycles. The lowest BCUT2D eigenvalue weighted by molar-refractivity contribution is 0.482. The van der Waals surface area contributed by atoms with Crippen LogP contribution in [0.15, 0.2) is 39.7 Å². The quantitative estimate of drug-likeness (QED) is 0.834. The average molecular weight is 370 g/mol. The molecule has 0 aromatic heterocycles. The minimum atomic E-state index is -3.38. The topological polar surface area (TPSA) is 69.4 Å². The molecule has 0 fully saturated rings. The molecule has 4 nitrogen and oxygen atoms in total. The molecule has 2 rings (SSSR count). The smallest absolute Gasteiger partial charge is 0.177 e. The van der Waals surface area contributed by atoms with Crippen LogP contribution in [-0.2, 0) is 9.84 Å². The van der Waals surface area contributed by atoms with Crippen LogP contribution in [-0.4, -0.2) is 14.7 Å². The number of nitrogen functional groups attached to an aromatic ring is 1. The highest BCUT2D eigenvalue weighted by molar-refractivity contribution is 9.10. The van der Waals surface area contributed by atoms with Gasteiger partial charge in [0.15, 0.2) is 15.6 Å². The largest absolute Gasteiger partial charge is 0.455 e. The van der Waals surface area contributed by atoms with Gasteiger partial charge in [0, 0.05) is 10.7 Å². The third-order valence-corrected chi connectivity index (χ3v) is 5.47. The van der Waals surface area contributed by atoms with Crippen molar-refractivity contribution < 1.29 is 13.2 Å². The highest BCUT2D eigenvalue weighted by atomic mass is 79.9. The number of hydrogen-bond donors (Lipinski definition) is 1. The van der Waals surface area contributed by atoms with Gasteiger partial charge < -0.3 is 10.5 Å². The van der Waals surface area contributed by atoms with E-state index < -0.39 is 9.84 Å². The second-order valence-electron chi connectivity index (χ2n) is 4.91. The van der Waals surface area contributed by atoms with Gasteiger partial charge >= 0.3 is 0 Å². The minimum absolute atomic E-state index is 0.0746. The third kappa shape index (κ3) is 3.39. The van der Waals surface area contributed by atoms with Gasteiger partial charge in [-0.25, -0.2) is 8.42 Å². The van der Waals surface area contributed by atoms with Crippen molar-refractivity contribution in [3.8, 4) is 11.5 Å². The van der Waals surface area contributed by atoms with Gasteiger partial charge in [0.2, 0.25) is 0 Å². The van der Waals surface area contributed by atoms with Crippen LogP contribution in [0, 0.1) is 13.8 Å². The monoisotopic (exact) mass is 369 g/mol. The summed E-state index contributed by atoms with van der Waals surface area (Å²) < 4.78 is 30.1. The molecule has 0 atom stereocenters. The molecule has 0 aliphatic rings. The Bertz CT molecular complexity index is 778. The van der Waals surface area contributed by atoms with Crippen molar-refractivity contribution in [1.82, 2.24) is 0 Å². The van der Waals surface area contributed by atoms with E-state index in [1.807, 2.05) is 26.0 Å². The average Bonchev–Trinajstić information content (AvgIpc) is 2.37. The van der Waals surface area contributed by atoms with Crippen LogP contribution in [0.4, 0.5) is 5.69 Å². The van der Waals surface area contributed by atoms with Crippen molar-refractivity contribution >= 4 is 31.5 Å². The molecular weight excluding hydrogens is 354 g/mol. The molecule has 2 aromatic rings. The second-order valence-corrected chi connectivity index (χ2v) is 7.69. The van der Waals surface area contributed by atoms with E-state index in [4.69, 9.17) is 10.5 Å². The van der Waals surface area contributed by atoms with Crippen LogP contribution in [0.1, 0.15) is 11.1 Å². The van der Waals surface area contributed by atoms with Gasteiger partial charge in [-0.1, -0.05) is 22.0 Å². The molecule has 0 saturated heterocycles. The van der Waals surface area contributed by atoms with Crippen molar-refractivity contribution in [2.75, 3.05) is 12.0 Å². The molecule has 6 heteroatoms. The first-order valence-electron chi connectivity index (χ1n) is 6.23. The number of aryl methyl sites for hydroxylation is 2. The highest BCUT2D eigenvalue weighted by Gasteiger charge is 2.15. The number of sulfone groups is 1. The second kappa shape index (κ2) is 5.69. The third-order valence-electron chi connectivity index (χ3n) is 3.06. The molecule has 2 aromatic carbocycles. The molecule has 0 heterocycles. The van der Waals surface area contributed by atoms with Crippen molar-refractivity contribution in [3.05, 3.63) is 45.9 Å². The predicted octanol–water partition coefficient (Wildman–Crippen LogP) is 3.84. The molecule has 0 saturated carbocycles. The molecule has 112 valence electrons. The Labute approximate surface area is 133 Å². The molecule has 21 heavy (non-hydrogen) atoms. The molecule has 0 aliphatic heterocycles. The summed E-state index contributed by atoms with van der Waals surface area (Å²) in [7, 11) is -3.38. The van der Waals surface area contributed by atoms with Crippen molar-refractivity contribution in [3.63, 3.8) is 0 Å². The summed E-state index contributed by atoms with van der Waals surface area (Å²) in [6.45, 7) is 3.92. The Morgan fingerprint density at radius 3 is 2.24 bits per heavy atom. The van der Waals surface area contributed by atoms with E-state index in [0.29, 0.717) is 11.5 Å². The fourth-order valence-electron chi connectivity index (χ4n) is 2.03. The number of benzene rings is 2. The van der Waals surface area contributed by atoms with Gasteiger partial charge in [-0.15, -0.1) is 0 Å². The maximum absolute atomic E-state index is 11.7. The summed E-state index contributed by atoms with van der Waals surface area (Å²) in [5.74, 6) is 0.949. The Hall–Kier alpha value is -1.53. The highest BCUT2D eigenvalue weighted by Crippen LogP contribution is 2.34. The molecular formula is C15H16BrNO3S. The standard InChI is InChI=1S/C15H16BrNO3S/c1-9-7-11(8-10(2)14(9)16)20-12-5-4-6-13(15(12)17)21(3,18)19/h4-8H,17H2,1-3H3. The lowest BCUT2D eigenvalue weighted by Crippen LogP contribution is -2.03. The molecule has 0 bridgehead atoms. The van der Waals surface area contributed by atoms with E-state index in [0.717, 1.165) is 21.9 Å². The normalized spacial score (nSPS) is 11.4. The Morgan fingerprint density at radius 1 is 1.14 bits per heavy atom. The van der Waals surface area contributed by atoms with Gasteiger partial charge in [0.05, 0.1) is 10.6 Å². The van der Waals surface area contributed by atoms with E-state index in [2.05, 4.69) is 15.9 Å². The maximum Gasteiger partial charge on any atom is 0.177 e. The SMILES string of the molecule is Cc1cc(Oc2cccc(S(C)(=O)=O)c2N)cc(C)c1Br. The first-order chi connectivity index (χ1) is 9.70. The molecule has 2 N–H and O–H groups in total.